The third-order valence-corrected chi connectivity index (χ3v) is 6.22. The fourth-order valence-corrected chi connectivity index (χ4v) is 4.46. The lowest BCUT2D eigenvalue weighted by Gasteiger charge is -2.33. The molecule has 7 nitrogen and oxygen atoms in total. The second kappa shape index (κ2) is 10.1. The summed E-state index contributed by atoms with van der Waals surface area (Å²) in [4.78, 5) is 31.6. The first-order valence-corrected chi connectivity index (χ1v) is 11.7. The molecule has 1 atom stereocenters. The van der Waals surface area contributed by atoms with E-state index in [9.17, 15) is 9.59 Å². The van der Waals surface area contributed by atoms with Gasteiger partial charge in [-0.15, -0.1) is 11.3 Å². The number of hydrogen-bond donors (Lipinski definition) is 0. The number of methoxy groups -OCH3 is 1. The highest BCUT2D eigenvalue weighted by Crippen LogP contribution is 2.38. The number of rotatable bonds is 8. The maximum atomic E-state index is 13.1. The van der Waals surface area contributed by atoms with Gasteiger partial charge in [-0.3, -0.25) is 4.79 Å². The quantitative estimate of drug-likeness (QED) is 0.455. The molecule has 3 aromatic rings. The number of anilines is 1. The first kappa shape index (κ1) is 22.9. The van der Waals surface area contributed by atoms with E-state index in [0.29, 0.717) is 36.8 Å². The molecule has 0 fully saturated rings. The Morgan fingerprint density at radius 3 is 2.88 bits per heavy atom. The molecule has 0 saturated heterocycles. The molecule has 8 heteroatoms. The number of carbonyl (C=O) groups is 2. The molecule has 0 aliphatic carbocycles. The minimum absolute atomic E-state index is 0.139. The zero-order valence-corrected chi connectivity index (χ0v) is 19.7. The number of aromatic nitrogens is 1. The summed E-state index contributed by atoms with van der Waals surface area (Å²) < 4.78 is 16.1. The predicted molar refractivity (Wildman–Crippen MR) is 127 cm³/mol. The van der Waals surface area contributed by atoms with Crippen molar-refractivity contribution in [3.05, 3.63) is 64.0 Å². The van der Waals surface area contributed by atoms with E-state index in [4.69, 9.17) is 19.2 Å². The van der Waals surface area contributed by atoms with Crippen LogP contribution in [0.4, 0.5) is 5.69 Å². The molecule has 33 heavy (non-hydrogen) atoms. The number of nitrogens with zero attached hydrogens (tertiary/aromatic N) is 2. The van der Waals surface area contributed by atoms with Gasteiger partial charge in [-0.2, -0.15) is 0 Å². The van der Waals surface area contributed by atoms with Crippen LogP contribution in [0.25, 0.3) is 11.3 Å². The summed E-state index contributed by atoms with van der Waals surface area (Å²) in [6.45, 7) is 4.75. The van der Waals surface area contributed by atoms with Crippen molar-refractivity contribution in [1.82, 2.24) is 4.98 Å². The largest absolute Gasteiger partial charge is 0.479 e. The van der Waals surface area contributed by atoms with E-state index in [1.807, 2.05) is 29.6 Å². The molecule has 0 bridgehead atoms. The summed E-state index contributed by atoms with van der Waals surface area (Å²) in [7, 11) is 1.67. The van der Waals surface area contributed by atoms with Gasteiger partial charge in [-0.1, -0.05) is 12.1 Å². The molecule has 0 N–H and O–H groups in total. The number of carbonyl (C=O) groups excluding carboxylic acids is 2. The van der Waals surface area contributed by atoms with E-state index in [2.05, 4.69) is 0 Å². The van der Waals surface area contributed by atoms with Crippen LogP contribution in [0.3, 0.4) is 0 Å². The van der Waals surface area contributed by atoms with Crippen molar-refractivity contribution in [3.63, 3.8) is 0 Å². The molecule has 1 aliphatic heterocycles. The Labute approximate surface area is 196 Å². The molecular weight excluding hydrogens is 440 g/mol. The van der Waals surface area contributed by atoms with Crippen molar-refractivity contribution in [1.29, 1.82) is 0 Å². The van der Waals surface area contributed by atoms with Crippen LogP contribution in [0.15, 0.2) is 47.8 Å². The number of esters is 1. The Hall–Kier alpha value is -3.23. The lowest BCUT2D eigenvalue weighted by atomic mass is 10.1. The van der Waals surface area contributed by atoms with Gasteiger partial charge in [-0.05, 0) is 49.7 Å². The van der Waals surface area contributed by atoms with Crippen molar-refractivity contribution in [2.75, 3.05) is 25.2 Å². The van der Waals surface area contributed by atoms with Gasteiger partial charge >= 0.3 is 5.97 Å². The molecule has 2 heterocycles. The molecule has 1 aromatic heterocycles. The van der Waals surface area contributed by atoms with E-state index in [1.165, 1.54) is 0 Å². The summed E-state index contributed by atoms with van der Waals surface area (Å²) in [6.07, 6.45) is 0.158. The Balaban J connectivity index is 1.64. The van der Waals surface area contributed by atoms with Gasteiger partial charge < -0.3 is 19.1 Å². The number of amides is 1. The molecule has 2 aromatic carbocycles. The highest BCUT2D eigenvalue weighted by molar-refractivity contribution is 7.09. The van der Waals surface area contributed by atoms with Gasteiger partial charge in [0.2, 0.25) is 0 Å². The minimum Gasteiger partial charge on any atom is -0.479 e. The Morgan fingerprint density at radius 1 is 1.24 bits per heavy atom. The lowest BCUT2D eigenvalue weighted by molar-refractivity contribution is -0.125. The molecule has 1 aliphatic rings. The number of fused-ring (bicyclic) bond motifs is 1. The summed E-state index contributed by atoms with van der Waals surface area (Å²) in [5.74, 6) is 0.124. The smallest absolute Gasteiger partial charge is 0.338 e. The van der Waals surface area contributed by atoms with Crippen LogP contribution in [-0.2, 0) is 27.2 Å². The zero-order chi connectivity index (χ0) is 23.4. The highest BCUT2D eigenvalue weighted by Gasteiger charge is 2.32. The van der Waals surface area contributed by atoms with Crippen molar-refractivity contribution in [3.8, 4) is 17.0 Å². The summed E-state index contributed by atoms with van der Waals surface area (Å²) >= 11 is 1.59. The Bertz CT molecular complexity index is 1160. The normalized spacial score (nSPS) is 15.2. The van der Waals surface area contributed by atoms with E-state index in [-0.39, 0.29) is 11.9 Å². The number of ether oxygens (including phenoxy) is 3. The fourth-order valence-electron chi connectivity index (χ4n) is 3.67. The average Bonchev–Trinajstić information content (AvgIpc) is 3.30. The summed E-state index contributed by atoms with van der Waals surface area (Å²) in [6, 6.07) is 12.9. The summed E-state index contributed by atoms with van der Waals surface area (Å²) in [5.41, 5.74) is 3.73. The molecule has 0 spiro atoms. The SMILES string of the molecule is CCOC(=O)c1cccc(CN2C(=O)C(C)Oc3ccc(-c4csc(CCOC)n4)cc32)c1. The van der Waals surface area contributed by atoms with Gasteiger partial charge in [0.15, 0.2) is 6.10 Å². The molecule has 1 unspecified atom stereocenters. The van der Waals surface area contributed by atoms with E-state index >= 15 is 0 Å². The maximum absolute atomic E-state index is 13.1. The first-order chi connectivity index (χ1) is 16.0. The van der Waals surface area contributed by atoms with E-state index < -0.39 is 6.10 Å². The number of benzene rings is 2. The average molecular weight is 467 g/mol. The Kier molecular flexibility index (Phi) is 7.05. The topological polar surface area (TPSA) is 78.0 Å². The highest BCUT2D eigenvalue weighted by atomic mass is 32.1. The second-order valence-corrected chi connectivity index (χ2v) is 8.60. The fraction of sp³-hybridized carbons (Fsp3) is 0.320. The lowest BCUT2D eigenvalue weighted by Crippen LogP contribution is -2.44. The third kappa shape index (κ3) is 5.07. The standard InChI is InChI=1S/C25H26N2O5S/c1-4-31-25(29)19-7-5-6-17(12-19)14-27-21-13-18(8-9-22(21)32-16(2)24(27)28)20-15-33-23(26-20)10-11-30-3/h5-9,12-13,15-16H,4,10-11,14H2,1-3H3. The van der Waals surface area contributed by atoms with Crippen LogP contribution >= 0.6 is 11.3 Å². The van der Waals surface area contributed by atoms with Crippen LogP contribution in [0.1, 0.15) is 34.8 Å². The van der Waals surface area contributed by atoms with Gasteiger partial charge in [0.1, 0.15) is 5.75 Å². The monoisotopic (exact) mass is 466 g/mol. The van der Waals surface area contributed by atoms with Gasteiger partial charge in [0.25, 0.3) is 5.91 Å². The van der Waals surface area contributed by atoms with Crippen molar-refractivity contribution < 1.29 is 23.8 Å². The van der Waals surface area contributed by atoms with Crippen LogP contribution in [0, 0.1) is 0 Å². The van der Waals surface area contributed by atoms with Crippen LogP contribution < -0.4 is 9.64 Å². The molecule has 0 radical (unpaired) electrons. The minimum atomic E-state index is -0.600. The first-order valence-electron chi connectivity index (χ1n) is 10.8. The second-order valence-electron chi connectivity index (χ2n) is 7.66. The van der Waals surface area contributed by atoms with Crippen molar-refractivity contribution >= 4 is 28.9 Å². The van der Waals surface area contributed by atoms with Crippen LogP contribution in [0.2, 0.25) is 0 Å². The van der Waals surface area contributed by atoms with E-state index in [0.717, 1.165) is 28.2 Å². The predicted octanol–water partition coefficient (Wildman–Crippen LogP) is 4.49. The third-order valence-electron chi connectivity index (χ3n) is 5.31. The van der Waals surface area contributed by atoms with Gasteiger partial charge in [0.05, 0.1) is 41.7 Å². The Morgan fingerprint density at radius 2 is 2.09 bits per heavy atom. The van der Waals surface area contributed by atoms with Gasteiger partial charge in [-0.25, -0.2) is 9.78 Å². The summed E-state index contributed by atoms with van der Waals surface area (Å²) in [5, 5.41) is 3.01. The van der Waals surface area contributed by atoms with Crippen molar-refractivity contribution in [2.24, 2.45) is 0 Å². The van der Waals surface area contributed by atoms with Crippen LogP contribution in [0.5, 0.6) is 5.75 Å². The maximum Gasteiger partial charge on any atom is 0.338 e. The van der Waals surface area contributed by atoms with Crippen LogP contribution in [-0.4, -0.2) is 43.3 Å². The molecule has 4 rings (SSSR count). The zero-order valence-electron chi connectivity index (χ0n) is 18.9. The molecular formula is C25H26N2O5S. The molecule has 0 saturated carbocycles. The van der Waals surface area contributed by atoms with Gasteiger partial charge in [0, 0.05) is 24.5 Å². The molecule has 1 amide bonds. The number of thiazole rings is 1. The molecule has 172 valence electrons. The number of hydrogen-bond acceptors (Lipinski definition) is 7. The van der Waals surface area contributed by atoms with Crippen molar-refractivity contribution in [2.45, 2.75) is 32.9 Å². The van der Waals surface area contributed by atoms with E-state index in [1.54, 1.807) is 55.4 Å².